The molecule has 9 nitrogen and oxygen atoms in total. The van der Waals surface area contributed by atoms with Crippen molar-refractivity contribution in [2.45, 2.75) is 44.0 Å². The Morgan fingerprint density at radius 3 is 2.59 bits per heavy atom. The summed E-state index contributed by atoms with van der Waals surface area (Å²) in [5, 5.41) is 2.88. The van der Waals surface area contributed by atoms with Crippen LogP contribution >= 0.6 is 0 Å². The predicted octanol–water partition coefficient (Wildman–Crippen LogP) is 3.19. The molecule has 0 bridgehead atoms. The van der Waals surface area contributed by atoms with Gasteiger partial charge < -0.3 is 24.3 Å². The number of hydrogen-bond acceptors (Lipinski definition) is 7. The van der Waals surface area contributed by atoms with Crippen molar-refractivity contribution < 1.29 is 32.2 Å². The summed E-state index contributed by atoms with van der Waals surface area (Å²) in [6.45, 7) is 5.40. The first-order valence-electron chi connectivity index (χ1n) is 11.3. The Kier molecular flexibility index (Phi) is 9.00. The topological polar surface area (TPSA) is 112 Å². The Morgan fingerprint density at radius 2 is 1.85 bits per heavy atom. The monoisotopic (exact) mass is 492 g/mol. The van der Waals surface area contributed by atoms with Gasteiger partial charge >= 0.3 is 0 Å². The average Bonchev–Trinajstić information content (AvgIpc) is 3.07. The molecule has 1 atom stereocenters. The quantitative estimate of drug-likeness (QED) is 0.495. The van der Waals surface area contributed by atoms with Gasteiger partial charge in [-0.2, -0.15) is 0 Å². The third-order valence-electron chi connectivity index (χ3n) is 5.20. The van der Waals surface area contributed by atoms with Crippen LogP contribution in [0, 0.1) is 0 Å². The fraction of sp³-hybridized carbons (Fsp3) is 0.458. The van der Waals surface area contributed by atoms with Crippen LogP contribution < -0.4 is 29.0 Å². The molecule has 186 valence electrons. The molecule has 0 saturated carbocycles. The van der Waals surface area contributed by atoms with E-state index in [-0.39, 0.29) is 29.8 Å². The van der Waals surface area contributed by atoms with Crippen molar-refractivity contribution >= 4 is 15.9 Å². The Balaban J connectivity index is 1.53. The summed E-state index contributed by atoms with van der Waals surface area (Å²) < 4.78 is 49.9. The molecule has 1 aliphatic rings. The number of benzene rings is 2. The van der Waals surface area contributed by atoms with Gasteiger partial charge in [-0.1, -0.05) is 13.0 Å². The minimum absolute atomic E-state index is 0.0110. The number of rotatable bonds is 11. The summed E-state index contributed by atoms with van der Waals surface area (Å²) in [5.74, 6) is 1.88. The third kappa shape index (κ3) is 6.77. The molecule has 3 rings (SSSR count). The van der Waals surface area contributed by atoms with Crippen LogP contribution in [0.1, 0.15) is 44.7 Å². The van der Waals surface area contributed by atoms with E-state index in [9.17, 15) is 13.2 Å². The van der Waals surface area contributed by atoms with E-state index in [0.717, 1.165) is 18.4 Å². The predicted molar refractivity (Wildman–Crippen MR) is 127 cm³/mol. The summed E-state index contributed by atoms with van der Waals surface area (Å²) in [6, 6.07) is 9.69. The van der Waals surface area contributed by atoms with Gasteiger partial charge in [-0.15, -0.1) is 0 Å². The molecule has 2 N–H and O–H groups in total. The van der Waals surface area contributed by atoms with E-state index in [4.69, 9.17) is 18.9 Å². The van der Waals surface area contributed by atoms with Crippen molar-refractivity contribution in [3.05, 3.63) is 42.0 Å². The van der Waals surface area contributed by atoms with Gasteiger partial charge in [0.25, 0.3) is 0 Å². The van der Waals surface area contributed by atoms with Crippen LogP contribution in [0.4, 0.5) is 0 Å². The molecule has 2 aromatic rings. The summed E-state index contributed by atoms with van der Waals surface area (Å²) in [6.07, 6.45) is 1.60. The Labute approximate surface area is 200 Å². The first-order chi connectivity index (χ1) is 16.3. The van der Waals surface area contributed by atoms with Crippen molar-refractivity contribution in [3.8, 4) is 23.0 Å². The SMILES string of the molecule is CCCOc1ccc(C(C)NC(=O)CCNS(=O)(=O)c2ccc3c(c2)OCCCO3)cc1OC. The molecule has 34 heavy (non-hydrogen) atoms. The van der Waals surface area contributed by atoms with E-state index in [2.05, 4.69) is 10.0 Å². The summed E-state index contributed by atoms with van der Waals surface area (Å²) in [5.41, 5.74) is 0.849. The lowest BCUT2D eigenvalue weighted by molar-refractivity contribution is -0.121. The zero-order chi connectivity index (χ0) is 24.6. The van der Waals surface area contributed by atoms with Gasteiger partial charge in [0.1, 0.15) is 0 Å². The lowest BCUT2D eigenvalue weighted by Crippen LogP contribution is -2.32. The summed E-state index contributed by atoms with van der Waals surface area (Å²) in [4.78, 5) is 12.5. The molecule has 0 saturated heterocycles. The van der Waals surface area contributed by atoms with Crippen molar-refractivity contribution in [1.29, 1.82) is 0 Å². The minimum atomic E-state index is -3.80. The van der Waals surface area contributed by atoms with Crippen molar-refractivity contribution in [2.75, 3.05) is 33.5 Å². The molecule has 1 heterocycles. The van der Waals surface area contributed by atoms with Crippen LogP contribution in [0.2, 0.25) is 0 Å². The van der Waals surface area contributed by atoms with E-state index >= 15 is 0 Å². The molecule has 0 fully saturated rings. The number of fused-ring (bicyclic) bond motifs is 1. The number of carbonyl (C=O) groups excluding carboxylic acids is 1. The standard InChI is InChI=1S/C24H32N2O7S/c1-4-12-31-20-8-6-18(15-22(20)30-3)17(2)26-24(27)10-11-25-34(28,29)19-7-9-21-23(16-19)33-14-5-13-32-21/h6-9,15-17,25H,4-5,10-14H2,1-3H3,(H,26,27). The smallest absolute Gasteiger partial charge is 0.240 e. The van der Waals surface area contributed by atoms with Gasteiger partial charge in [0, 0.05) is 25.5 Å². The Morgan fingerprint density at radius 1 is 1.09 bits per heavy atom. The molecule has 1 unspecified atom stereocenters. The highest BCUT2D eigenvalue weighted by Crippen LogP contribution is 2.32. The summed E-state index contributed by atoms with van der Waals surface area (Å²) >= 11 is 0. The number of hydrogen-bond donors (Lipinski definition) is 2. The molecule has 0 aliphatic carbocycles. The average molecular weight is 493 g/mol. The molecular weight excluding hydrogens is 460 g/mol. The number of sulfonamides is 1. The first-order valence-corrected chi connectivity index (χ1v) is 12.8. The minimum Gasteiger partial charge on any atom is -0.493 e. The van der Waals surface area contributed by atoms with Gasteiger partial charge in [-0.25, -0.2) is 13.1 Å². The van der Waals surface area contributed by atoms with Gasteiger partial charge in [-0.05, 0) is 43.2 Å². The van der Waals surface area contributed by atoms with E-state index in [0.29, 0.717) is 42.8 Å². The highest BCUT2D eigenvalue weighted by atomic mass is 32.2. The highest BCUT2D eigenvalue weighted by Gasteiger charge is 2.19. The van der Waals surface area contributed by atoms with Crippen molar-refractivity contribution in [2.24, 2.45) is 0 Å². The number of nitrogens with one attached hydrogen (secondary N) is 2. The van der Waals surface area contributed by atoms with Crippen LogP contribution in [-0.2, 0) is 14.8 Å². The maximum Gasteiger partial charge on any atom is 0.240 e. The second kappa shape index (κ2) is 11.9. The molecule has 2 aromatic carbocycles. The van der Waals surface area contributed by atoms with Gasteiger partial charge in [0.05, 0.1) is 37.9 Å². The van der Waals surface area contributed by atoms with Crippen LogP contribution in [0.15, 0.2) is 41.3 Å². The molecule has 0 radical (unpaired) electrons. The molecule has 0 aromatic heterocycles. The highest BCUT2D eigenvalue weighted by molar-refractivity contribution is 7.89. The number of ether oxygens (including phenoxy) is 4. The van der Waals surface area contributed by atoms with Crippen molar-refractivity contribution in [1.82, 2.24) is 10.0 Å². The fourth-order valence-electron chi connectivity index (χ4n) is 3.37. The van der Waals surface area contributed by atoms with Crippen LogP contribution in [0.5, 0.6) is 23.0 Å². The lowest BCUT2D eigenvalue weighted by atomic mass is 10.1. The first kappa shape index (κ1) is 25.6. The zero-order valence-electron chi connectivity index (χ0n) is 19.8. The van der Waals surface area contributed by atoms with Gasteiger partial charge in [-0.3, -0.25) is 4.79 Å². The van der Waals surface area contributed by atoms with Gasteiger partial charge in [0.2, 0.25) is 15.9 Å². The zero-order valence-corrected chi connectivity index (χ0v) is 20.6. The molecule has 0 spiro atoms. The van der Waals surface area contributed by atoms with E-state index in [1.807, 2.05) is 32.0 Å². The van der Waals surface area contributed by atoms with Crippen LogP contribution in [0.3, 0.4) is 0 Å². The van der Waals surface area contributed by atoms with Crippen LogP contribution in [0.25, 0.3) is 0 Å². The maximum absolute atomic E-state index is 12.6. The molecule has 1 aliphatic heterocycles. The lowest BCUT2D eigenvalue weighted by Gasteiger charge is -2.17. The molecular formula is C24H32N2O7S. The summed E-state index contributed by atoms with van der Waals surface area (Å²) in [7, 11) is -2.23. The fourth-order valence-corrected chi connectivity index (χ4v) is 4.42. The van der Waals surface area contributed by atoms with Crippen molar-refractivity contribution in [3.63, 3.8) is 0 Å². The Hall–Kier alpha value is -2.98. The van der Waals surface area contributed by atoms with Crippen LogP contribution in [-0.4, -0.2) is 47.8 Å². The molecule has 10 heteroatoms. The largest absolute Gasteiger partial charge is 0.493 e. The number of amides is 1. The number of carbonyl (C=O) groups is 1. The maximum atomic E-state index is 12.6. The van der Waals surface area contributed by atoms with E-state index < -0.39 is 10.0 Å². The van der Waals surface area contributed by atoms with E-state index in [1.54, 1.807) is 13.2 Å². The van der Waals surface area contributed by atoms with Gasteiger partial charge in [0.15, 0.2) is 23.0 Å². The normalized spacial score (nSPS) is 14.1. The number of methoxy groups -OCH3 is 1. The second-order valence-corrected chi connectivity index (χ2v) is 9.62. The third-order valence-corrected chi connectivity index (χ3v) is 6.66. The van der Waals surface area contributed by atoms with E-state index in [1.165, 1.54) is 12.1 Å². The second-order valence-electron chi connectivity index (χ2n) is 7.85. The Bertz CT molecular complexity index is 1090. The molecule has 1 amide bonds.